The van der Waals surface area contributed by atoms with E-state index in [0.29, 0.717) is 16.7 Å². The molecule has 6 nitrogen and oxygen atoms in total. The highest BCUT2D eigenvalue weighted by Gasteiger charge is 2.21. The first kappa shape index (κ1) is 21.0. The molecular weight excluding hydrogens is 421 g/mol. The summed E-state index contributed by atoms with van der Waals surface area (Å²) in [7, 11) is 4.06. The highest BCUT2D eigenvalue weighted by molar-refractivity contribution is 6.35. The van der Waals surface area contributed by atoms with Crippen LogP contribution in [-0.4, -0.2) is 68.5 Å². The van der Waals surface area contributed by atoms with Gasteiger partial charge in [-0.2, -0.15) is 5.10 Å². The molecule has 0 bridgehead atoms. The molecule has 30 heavy (non-hydrogen) atoms. The lowest BCUT2D eigenvalue weighted by Gasteiger charge is -2.37. The molecule has 0 N–H and O–H groups in total. The molecule has 1 saturated heterocycles. The Morgan fingerprint density at radius 1 is 1.03 bits per heavy atom. The summed E-state index contributed by atoms with van der Waals surface area (Å²) >= 11 is 12.7. The maximum Gasteiger partial charge on any atom is 0.122 e. The maximum atomic E-state index is 6.36. The van der Waals surface area contributed by atoms with Gasteiger partial charge in [-0.15, -0.1) is 5.10 Å². The van der Waals surface area contributed by atoms with Crippen LogP contribution in [-0.2, 0) is 0 Å². The van der Waals surface area contributed by atoms with Crippen LogP contribution < -0.4 is 14.5 Å². The first-order valence-electron chi connectivity index (χ1n) is 9.99. The Kier molecular flexibility index (Phi) is 6.46. The second kappa shape index (κ2) is 9.25. The molecular formula is C22H25Cl2N5O. The molecule has 0 saturated carbocycles. The number of halogens is 2. The van der Waals surface area contributed by atoms with Crippen molar-refractivity contribution in [1.82, 2.24) is 15.1 Å². The third-order valence-corrected chi connectivity index (χ3v) is 5.77. The number of fused-ring (bicyclic) bond motifs is 1. The fourth-order valence-corrected chi connectivity index (χ4v) is 4.08. The Balaban J connectivity index is 1.46. The van der Waals surface area contributed by atoms with Gasteiger partial charge in [0.15, 0.2) is 0 Å². The first-order chi connectivity index (χ1) is 14.5. The third kappa shape index (κ3) is 4.72. The number of aromatic nitrogens is 2. The van der Waals surface area contributed by atoms with E-state index >= 15 is 0 Å². The number of hydrogen-bond acceptors (Lipinski definition) is 6. The van der Waals surface area contributed by atoms with E-state index in [2.05, 4.69) is 31.0 Å². The van der Waals surface area contributed by atoms with Crippen LogP contribution in [0.4, 0.5) is 11.4 Å². The summed E-state index contributed by atoms with van der Waals surface area (Å²) in [6.07, 6.45) is 1.82. The van der Waals surface area contributed by atoms with Crippen molar-refractivity contribution in [3.05, 3.63) is 52.6 Å². The van der Waals surface area contributed by atoms with E-state index in [1.165, 1.54) is 0 Å². The molecule has 0 atom stereocenters. The topological polar surface area (TPSA) is 44.7 Å². The predicted octanol–water partition coefficient (Wildman–Crippen LogP) is 4.20. The molecule has 8 heteroatoms. The van der Waals surface area contributed by atoms with Crippen LogP contribution in [0.2, 0.25) is 10.0 Å². The van der Waals surface area contributed by atoms with Crippen LogP contribution in [0.5, 0.6) is 5.75 Å². The van der Waals surface area contributed by atoms with Crippen molar-refractivity contribution in [2.75, 3.05) is 63.2 Å². The minimum absolute atomic E-state index is 0.626. The van der Waals surface area contributed by atoms with Crippen LogP contribution in [0.25, 0.3) is 10.9 Å². The monoisotopic (exact) mass is 445 g/mol. The van der Waals surface area contributed by atoms with Gasteiger partial charge in [-0.05, 0) is 32.3 Å². The average Bonchev–Trinajstić information content (AvgIpc) is 2.73. The fraction of sp³-hybridized carbons (Fsp3) is 0.364. The second-order valence-corrected chi connectivity index (χ2v) is 8.48. The predicted molar refractivity (Wildman–Crippen MR) is 124 cm³/mol. The largest absolute Gasteiger partial charge is 0.492 e. The number of hydrogen-bond donors (Lipinski definition) is 0. The molecule has 3 aromatic rings. The lowest BCUT2D eigenvalue weighted by atomic mass is 10.1. The normalized spacial score (nSPS) is 14.6. The van der Waals surface area contributed by atoms with Crippen LogP contribution in [0.1, 0.15) is 0 Å². The molecule has 0 unspecified atom stereocenters. The van der Waals surface area contributed by atoms with Crippen molar-refractivity contribution in [2.24, 2.45) is 0 Å². The molecule has 0 radical (unpaired) electrons. The molecule has 0 amide bonds. The van der Waals surface area contributed by atoms with Gasteiger partial charge in [-0.25, -0.2) is 0 Å². The van der Waals surface area contributed by atoms with Crippen LogP contribution in [0.3, 0.4) is 0 Å². The number of likely N-dealkylation sites (N-methyl/N-ethyl adjacent to an activating group) is 1. The van der Waals surface area contributed by atoms with Gasteiger partial charge in [0.25, 0.3) is 0 Å². The highest BCUT2D eigenvalue weighted by atomic mass is 35.5. The number of piperazine rings is 1. The third-order valence-electron chi connectivity index (χ3n) is 5.25. The van der Waals surface area contributed by atoms with Crippen LogP contribution >= 0.6 is 23.2 Å². The zero-order chi connectivity index (χ0) is 21.1. The van der Waals surface area contributed by atoms with Gasteiger partial charge in [0.2, 0.25) is 0 Å². The number of ether oxygens (including phenoxy) is 1. The average molecular weight is 446 g/mol. The molecule has 158 valence electrons. The molecule has 1 aliphatic heterocycles. The van der Waals surface area contributed by atoms with Crippen LogP contribution in [0.15, 0.2) is 42.6 Å². The standard InChI is InChI=1S/C22H25Cl2N5O/c1-27(2)10-11-30-18-13-16(23)12-17(14-18)28-6-8-29(9-7-28)21-15-25-26-22-19(21)4-3-5-20(22)24/h3-5,12-15H,6-11H2,1-2H3. The summed E-state index contributed by atoms with van der Waals surface area (Å²) in [6, 6.07) is 11.8. The van der Waals surface area contributed by atoms with Gasteiger partial charge in [0.05, 0.1) is 16.9 Å². The Hall–Kier alpha value is -2.28. The van der Waals surface area contributed by atoms with Crippen molar-refractivity contribution in [3.63, 3.8) is 0 Å². The number of anilines is 2. The molecule has 1 aliphatic rings. The van der Waals surface area contributed by atoms with E-state index in [1.54, 1.807) is 0 Å². The Labute approximate surface area is 186 Å². The minimum atomic E-state index is 0.626. The Bertz CT molecular complexity index is 1020. The number of benzene rings is 2. The fourth-order valence-electron chi connectivity index (χ4n) is 3.65. The Morgan fingerprint density at radius 2 is 1.80 bits per heavy atom. The van der Waals surface area contributed by atoms with Gasteiger partial charge in [0.1, 0.15) is 17.9 Å². The van der Waals surface area contributed by atoms with E-state index in [4.69, 9.17) is 27.9 Å². The lowest BCUT2D eigenvalue weighted by Crippen LogP contribution is -2.46. The molecule has 2 aromatic carbocycles. The van der Waals surface area contributed by atoms with Gasteiger partial charge in [0, 0.05) is 54.9 Å². The molecule has 2 heterocycles. The summed E-state index contributed by atoms with van der Waals surface area (Å²) < 4.78 is 5.89. The van der Waals surface area contributed by atoms with Crippen molar-refractivity contribution >= 4 is 45.5 Å². The van der Waals surface area contributed by atoms with Gasteiger partial charge in [-0.1, -0.05) is 35.3 Å². The zero-order valence-electron chi connectivity index (χ0n) is 17.2. The molecule has 0 spiro atoms. The van der Waals surface area contributed by atoms with E-state index in [9.17, 15) is 0 Å². The molecule has 0 aliphatic carbocycles. The minimum Gasteiger partial charge on any atom is -0.492 e. The van der Waals surface area contributed by atoms with Gasteiger partial charge < -0.3 is 19.4 Å². The lowest BCUT2D eigenvalue weighted by molar-refractivity contribution is 0.261. The van der Waals surface area contributed by atoms with Gasteiger partial charge in [-0.3, -0.25) is 0 Å². The number of rotatable bonds is 6. The van der Waals surface area contributed by atoms with Crippen molar-refractivity contribution < 1.29 is 4.74 Å². The molecule has 1 fully saturated rings. The van der Waals surface area contributed by atoms with Crippen molar-refractivity contribution in [3.8, 4) is 5.75 Å². The summed E-state index contributed by atoms with van der Waals surface area (Å²) in [5.41, 5.74) is 2.90. The summed E-state index contributed by atoms with van der Waals surface area (Å²) in [4.78, 5) is 6.77. The highest BCUT2D eigenvalue weighted by Crippen LogP contribution is 2.31. The Morgan fingerprint density at radius 3 is 2.57 bits per heavy atom. The van der Waals surface area contributed by atoms with Gasteiger partial charge >= 0.3 is 0 Å². The van der Waals surface area contributed by atoms with E-state index in [0.717, 1.165) is 60.8 Å². The quantitative estimate of drug-likeness (QED) is 0.566. The summed E-state index contributed by atoms with van der Waals surface area (Å²) in [6.45, 7) is 4.99. The van der Waals surface area contributed by atoms with Crippen LogP contribution in [0, 0.1) is 0 Å². The maximum absolute atomic E-state index is 6.36. The molecule has 1 aromatic heterocycles. The summed E-state index contributed by atoms with van der Waals surface area (Å²) in [5, 5.41) is 10.7. The smallest absolute Gasteiger partial charge is 0.122 e. The first-order valence-corrected chi connectivity index (χ1v) is 10.7. The number of nitrogens with zero attached hydrogens (tertiary/aromatic N) is 5. The second-order valence-electron chi connectivity index (χ2n) is 7.64. The van der Waals surface area contributed by atoms with Crippen molar-refractivity contribution in [1.29, 1.82) is 0 Å². The van der Waals surface area contributed by atoms with E-state index in [-0.39, 0.29) is 0 Å². The summed E-state index contributed by atoms with van der Waals surface area (Å²) in [5.74, 6) is 0.806. The zero-order valence-corrected chi connectivity index (χ0v) is 18.7. The van der Waals surface area contributed by atoms with E-state index in [1.807, 2.05) is 50.6 Å². The SMILES string of the molecule is CN(C)CCOc1cc(Cl)cc(N2CCN(c3cnnc4c(Cl)cccc34)CC2)c1. The van der Waals surface area contributed by atoms with E-state index < -0.39 is 0 Å². The molecule has 4 rings (SSSR count). The van der Waals surface area contributed by atoms with Crippen molar-refractivity contribution in [2.45, 2.75) is 0 Å².